The smallest absolute Gasteiger partial charge is 0.205 e. The van der Waals surface area contributed by atoms with E-state index >= 15 is 0 Å². The Morgan fingerprint density at radius 3 is 2.52 bits per heavy atom. The van der Waals surface area contributed by atoms with Gasteiger partial charge in [-0.1, -0.05) is 55.5 Å². The summed E-state index contributed by atoms with van der Waals surface area (Å²) in [6.07, 6.45) is 2.34. The second-order valence-electron chi connectivity index (χ2n) is 7.47. The first-order valence-electron chi connectivity index (χ1n) is 10.1. The lowest BCUT2D eigenvalue weighted by molar-refractivity contribution is -0.175. The number of nitrogens with zero attached hydrogens (tertiary/aromatic N) is 3. The molecule has 0 amide bonds. The maximum atomic E-state index is 10.9. The monoisotopic (exact) mass is 419 g/mol. The molecule has 4 rings (SSSR count). The van der Waals surface area contributed by atoms with E-state index in [-0.39, 0.29) is 25.3 Å². The molecule has 0 saturated heterocycles. The van der Waals surface area contributed by atoms with Crippen molar-refractivity contribution in [2.75, 3.05) is 6.54 Å². The molecule has 1 heterocycles. The standard InChI is InChI=1S/C23H25N5O3/c1-2-16-11-23(30,12-18(13-24)21(16)29)31-14-15-7-9-17(10-8-15)19-5-3-4-6-20(19)22-25-27-28-26-22/h3-10,12,29-30H,2,11,13-14,24H2,1H3,(H,25,26,27,28). The lowest BCUT2D eigenvalue weighted by Gasteiger charge is -2.31. The molecule has 3 aromatic rings. The largest absolute Gasteiger partial charge is 0.508 e. The van der Waals surface area contributed by atoms with Gasteiger partial charge in [0.25, 0.3) is 0 Å². The van der Waals surface area contributed by atoms with Gasteiger partial charge in [-0.2, -0.15) is 5.21 Å². The minimum absolute atomic E-state index is 0.134. The molecule has 5 N–H and O–H groups in total. The third kappa shape index (κ3) is 4.41. The Morgan fingerprint density at radius 2 is 1.87 bits per heavy atom. The van der Waals surface area contributed by atoms with E-state index in [0.29, 0.717) is 17.8 Å². The average Bonchev–Trinajstić information content (AvgIpc) is 3.34. The molecule has 2 aromatic carbocycles. The van der Waals surface area contributed by atoms with Crippen molar-refractivity contribution >= 4 is 0 Å². The SMILES string of the molecule is CCC1=C(O)C(CN)=CC(O)(OCc2ccc(-c3ccccc3-c3nn[nH]n3)cc2)C1. The number of benzene rings is 2. The molecule has 0 bridgehead atoms. The maximum Gasteiger partial charge on any atom is 0.205 e. The summed E-state index contributed by atoms with van der Waals surface area (Å²) in [7, 11) is 0. The average molecular weight is 419 g/mol. The number of rotatable bonds is 7. The predicted octanol–water partition coefficient (Wildman–Crippen LogP) is 3.25. The van der Waals surface area contributed by atoms with Crippen LogP contribution in [0.2, 0.25) is 0 Å². The van der Waals surface area contributed by atoms with Crippen molar-refractivity contribution in [2.45, 2.75) is 32.2 Å². The number of hydrogen-bond donors (Lipinski definition) is 4. The summed E-state index contributed by atoms with van der Waals surface area (Å²) in [6, 6.07) is 15.7. The Labute approximate surface area is 180 Å². The van der Waals surface area contributed by atoms with E-state index in [1.165, 1.54) is 6.08 Å². The molecular formula is C23H25N5O3. The first-order chi connectivity index (χ1) is 15.0. The molecule has 8 nitrogen and oxygen atoms in total. The summed E-state index contributed by atoms with van der Waals surface area (Å²) in [5.74, 6) is -0.785. The van der Waals surface area contributed by atoms with Crippen molar-refractivity contribution in [2.24, 2.45) is 5.73 Å². The normalized spacial score (nSPS) is 18.9. The van der Waals surface area contributed by atoms with E-state index in [1.54, 1.807) is 0 Å². The van der Waals surface area contributed by atoms with Crippen LogP contribution in [-0.4, -0.2) is 43.2 Å². The number of nitrogens with two attached hydrogens (primary N) is 1. The van der Waals surface area contributed by atoms with Gasteiger partial charge < -0.3 is 20.7 Å². The van der Waals surface area contributed by atoms with Crippen LogP contribution in [0, 0.1) is 0 Å². The van der Waals surface area contributed by atoms with Gasteiger partial charge >= 0.3 is 0 Å². The van der Waals surface area contributed by atoms with E-state index in [1.807, 2.05) is 55.5 Å². The summed E-state index contributed by atoms with van der Waals surface area (Å²) >= 11 is 0. The van der Waals surface area contributed by atoms with Gasteiger partial charge in [-0.3, -0.25) is 0 Å². The van der Waals surface area contributed by atoms with E-state index in [9.17, 15) is 10.2 Å². The molecule has 8 heteroatoms. The molecule has 0 saturated carbocycles. The van der Waals surface area contributed by atoms with Gasteiger partial charge in [-0.05, 0) is 40.0 Å². The van der Waals surface area contributed by atoms with E-state index in [2.05, 4.69) is 20.6 Å². The first-order valence-corrected chi connectivity index (χ1v) is 10.1. The minimum atomic E-state index is -1.49. The van der Waals surface area contributed by atoms with E-state index < -0.39 is 5.79 Å². The van der Waals surface area contributed by atoms with Gasteiger partial charge in [0.2, 0.25) is 5.82 Å². The molecule has 1 unspecified atom stereocenters. The molecular weight excluding hydrogens is 394 g/mol. The molecule has 0 aliphatic heterocycles. The zero-order chi connectivity index (χ0) is 21.8. The fourth-order valence-corrected chi connectivity index (χ4v) is 3.74. The highest BCUT2D eigenvalue weighted by molar-refractivity contribution is 5.80. The summed E-state index contributed by atoms with van der Waals surface area (Å²) in [5, 5.41) is 35.4. The van der Waals surface area contributed by atoms with Gasteiger partial charge in [0.05, 0.1) is 6.61 Å². The van der Waals surface area contributed by atoms with Crippen molar-refractivity contribution in [3.05, 3.63) is 77.1 Å². The second kappa shape index (κ2) is 8.81. The summed E-state index contributed by atoms with van der Waals surface area (Å²) in [4.78, 5) is 0. The predicted molar refractivity (Wildman–Crippen MR) is 116 cm³/mol. The highest BCUT2D eigenvalue weighted by atomic mass is 16.6. The number of ether oxygens (including phenoxy) is 1. The van der Waals surface area contributed by atoms with Crippen LogP contribution in [0.5, 0.6) is 0 Å². The zero-order valence-electron chi connectivity index (χ0n) is 17.2. The van der Waals surface area contributed by atoms with E-state index in [4.69, 9.17) is 10.5 Å². The number of aromatic amines is 1. The number of H-pyrrole nitrogens is 1. The first kappa shape index (κ1) is 20.9. The Kier molecular flexibility index (Phi) is 5.94. The van der Waals surface area contributed by atoms with Gasteiger partial charge in [-0.25, -0.2) is 0 Å². The molecule has 160 valence electrons. The number of aliphatic hydroxyl groups is 2. The Bertz CT molecular complexity index is 1110. The van der Waals surface area contributed by atoms with Gasteiger partial charge in [0.15, 0.2) is 5.79 Å². The second-order valence-corrected chi connectivity index (χ2v) is 7.47. The molecule has 0 spiro atoms. The fourth-order valence-electron chi connectivity index (χ4n) is 3.74. The molecule has 1 aromatic heterocycles. The number of hydrogen-bond acceptors (Lipinski definition) is 7. The molecule has 1 aliphatic rings. The van der Waals surface area contributed by atoms with Gasteiger partial charge in [-0.15, -0.1) is 10.2 Å². The molecule has 0 radical (unpaired) electrons. The number of nitrogens with one attached hydrogen (secondary N) is 1. The van der Waals surface area contributed by atoms with Crippen LogP contribution in [0.4, 0.5) is 0 Å². The minimum Gasteiger partial charge on any atom is -0.508 e. The Hall–Kier alpha value is -3.33. The zero-order valence-corrected chi connectivity index (χ0v) is 17.2. The number of aromatic nitrogens is 4. The quantitative estimate of drug-likeness (QED) is 0.432. The third-order valence-electron chi connectivity index (χ3n) is 5.42. The summed E-state index contributed by atoms with van der Waals surface area (Å²) < 4.78 is 5.84. The lowest BCUT2D eigenvalue weighted by atomic mass is 9.91. The Balaban J connectivity index is 1.50. The maximum absolute atomic E-state index is 10.9. The number of tetrazole rings is 1. The lowest BCUT2D eigenvalue weighted by Crippen LogP contribution is -2.34. The molecule has 1 atom stereocenters. The highest BCUT2D eigenvalue weighted by Crippen LogP contribution is 2.34. The van der Waals surface area contributed by atoms with Crippen molar-refractivity contribution in [3.63, 3.8) is 0 Å². The van der Waals surface area contributed by atoms with E-state index in [0.717, 1.165) is 27.8 Å². The van der Waals surface area contributed by atoms with Gasteiger partial charge in [0.1, 0.15) is 5.76 Å². The summed E-state index contributed by atoms with van der Waals surface area (Å²) in [5.41, 5.74) is 10.7. The summed E-state index contributed by atoms with van der Waals surface area (Å²) in [6.45, 7) is 2.28. The van der Waals surface area contributed by atoms with Crippen molar-refractivity contribution in [3.8, 4) is 22.5 Å². The Morgan fingerprint density at radius 1 is 1.13 bits per heavy atom. The van der Waals surface area contributed by atoms with Crippen LogP contribution < -0.4 is 5.73 Å². The fraction of sp³-hybridized carbons (Fsp3) is 0.261. The van der Waals surface area contributed by atoms with Crippen LogP contribution in [0.15, 0.2) is 71.5 Å². The van der Waals surface area contributed by atoms with Crippen molar-refractivity contribution in [1.29, 1.82) is 0 Å². The van der Waals surface area contributed by atoms with Crippen molar-refractivity contribution in [1.82, 2.24) is 20.6 Å². The molecule has 1 aliphatic carbocycles. The van der Waals surface area contributed by atoms with Gasteiger partial charge in [0, 0.05) is 24.1 Å². The van der Waals surface area contributed by atoms with Crippen LogP contribution in [0.3, 0.4) is 0 Å². The van der Waals surface area contributed by atoms with Crippen LogP contribution in [-0.2, 0) is 11.3 Å². The molecule has 31 heavy (non-hydrogen) atoms. The highest BCUT2D eigenvalue weighted by Gasteiger charge is 2.33. The number of aliphatic hydroxyl groups excluding tert-OH is 1. The topological polar surface area (TPSA) is 130 Å². The van der Waals surface area contributed by atoms with Crippen LogP contribution >= 0.6 is 0 Å². The molecule has 0 fully saturated rings. The van der Waals surface area contributed by atoms with Crippen molar-refractivity contribution < 1.29 is 14.9 Å². The van der Waals surface area contributed by atoms with Crippen LogP contribution in [0.25, 0.3) is 22.5 Å². The third-order valence-corrected chi connectivity index (χ3v) is 5.42. The van der Waals surface area contributed by atoms with Crippen LogP contribution in [0.1, 0.15) is 25.3 Å².